The number of carbonyl (C=O) groups is 2. The van der Waals surface area contributed by atoms with E-state index in [0.717, 1.165) is 11.3 Å². The second kappa shape index (κ2) is 3.64. The third kappa shape index (κ3) is 1.67. The van der Waals surface area contributed by atoms with E-state index in [1.807, 2.05) is 0 Å². The zero-order valence-electron chi connectivity index (χ0n) is 6.31. The van der Waals surface area contributed by atoms with Gasteiger partial charge in [-0.15, -0.1) is 0 Å². The highest BCUT2D eigenvalue weighted by atomic mass is 16.1. The maximum atomic E-state index is 10.2. The SMILES string of the molecule is NN(C=O)c1ccc(C=O)cc1. The van der Waals surface area contributed by atoms with Gasteiger partial charge in [-0.3, -0.25) is 14.6 Å². The first-order chi connectivity index (χ1) is 5.77. The molecule has 2 N–H and O–H groups in total. The monoisotopic (exact) mass is 164 g/mol. The lowest BCUT2D eigenvalue weighted by Crippen LogP contribution is -2.28. The predicted molar refractivity (Wildman–Crippen MR) is 44.6 cm³/mol. The minimum atomic E-state index is 0.496. The Hall–Kier alpha value is -1.68. The predicted octanol–water partition coefficient (Wildman–Crippen LogP) is 0.336. The van der Waals surface area contributed by atoms with Crippen LogP contribution in [0.3, 0.4) is 0 Å². The molecular weight excluding hydrogens is 156 g/mol. The zero-order valence-corrected chi connectivity index (χ0v) is 6.31. The number of hydrogen-bond donors (Lipinski definition) is 1. The molecule has 1 aromatic carbocycles. The van der Waals surface area contributed by atoms with Crippen molar-refractivity contribution in [1.82, 2.24) is 0 Å². The van der Waals surface area contributed by atoms with E-state index in [9.17, 15) is 9.59 Å². The number of carbonyl (C=O) groups excluding carboxylic acids is 2. The summed E-state index contributed by atoms with van der Waals surface area (Å²) in [6.07, 6.45) is 1.22. The van der Waals surface area contributed by atoms with E-state index in [1.54, 1.807) is 24.3 Å². The van der Waals surface area contributed by atoms with Crippen LogP contribution in [0.4, 0.5) is 5.69 Å². The molecule has 0 unspecified atom stereocenters. The Bertz CT molecular complexity index is 282. The van der Waals surface area contributed by atoms with Crippen LogP contribution in [-0.4, -0.2) is 12.7 Å². The van der Waals surface area contributed by atoms with Crippen molar-refractivity contribution in [3.05, 3.63) is 29.8 Å². The smallest absolute Gasteiger partial charge is 0.228 e. The van der Waals surface area contributed by atoms with E-state index in [0.29, 0.717) is 17.7 Å². The summed E-state index contributed by atoms with van der Waals surface area (Å²) < 4.78 is 0. The van der Waals surface area contributed by atoms with Gasteiger partial charge in [0, 0.05) is 5.56 Å². The van der Waals surface area contributed by atoms with E-state index in [4.69, 9.17) is 5.84 Å². The summed E-state index contributed by atoms with van der Waals surface area (Å²) in [6.45, 7) is 0. The van der Waals surface area contributed by atoms with E-state index in [2.05, 4.69) is 0 Å². The van der Waals surface area contributed by atoms with Crippen molar-refractivity contribution >= 4 is 18.4 Å². The average Bonchev–Trinajstić information content (AvgIpc) is 2.17. The molecule has 0 fully saturated rings. The van der Waals surface area contributed by atoms with Crippen LogP contribution in [0.5, 0.6) is 0 Å². The quantitative estimate of drug-likeness (QED) is 0.303. The van der Waals surface area contributed by atoms with Gasteiger partial charge in [0.25, 0.3) is 0 Å². The van der Waals surface area contributed by atoms with Gasteiger partial charge in [0.2, 0.25) is 6.41 Å². The molecule has 0 saturated heterocycles. The topological polar surface area (TPSA) is 63.4 Å². The second-order valence-corrected chi connectivity index (χ2v) is 2.22. The summed E-state index contributed by atoms with van der Waals surface area (Å²) in [5, 5.41) is 0.939. The molecule has 0 radical (unpaired) electrons. The van der Waals surface area contributed by atoms with Crippen LogP contribution in [0.15, 0.2) is 24.3 Å². The fraction of sp³-hybridized carbons (Fsp3) is 0. The molecule has 0 spiro atoms. The van der Waals surface area contributed by atoms with Gasteiger partial charge in [0.1, 0.15) is 6.29 Å². The van der Waals surface area contributed by atoms with E-state index < -0.39 is 0 Å². The van der Waals surface area contributed by atoms with Crippen LogP contribution in [-0.2, 0) is 4.79 Å². The lowest BCUT2D eigenvalue weighted by Gasteiger charge is -2.08. The third-order valence-corrected chi connectivity index (χ3v) is 1.44. The lowest BCUT2D eigenvalue weighted by atomic mass is 10.2. The molecule has 0 atom stereocenters. The molecule has 1 amide bonds. The van der Waals surface area contributed by atoms with Crippen molar-refractivity contribution in [1.29, 1.82) is 0 Å². The Kier molecular flexibility index (Phi) is 2.55. The highest BCUT2D eigenvalue weighted by Gasteiger charge is 1.97. The van der Waals surface area contributed by atoms with Crippen LogP contribution in [0.1, 0.15) is 10.4 Å². The Morgan fingerprint density at radius 2 is 1.75 bits per heavy atom. The summed E-state index contributed by atoms with van der Waals surface area (Å²) in [4.78, 5) is 20.4. The van der Waals surface area contributed by atoms with Crippen molar-refractivity contribution in [2.75, 3.05) is 5.01 Å². The van der Waals surface area contributed by atoms with Crippen LogP contribution in [0.2, 0.25) is 0 Å². The fourth-order valence-corrected chi connectivity index (χ4v) is 0.786. The maximum Gasteiger partial charge on any atom is 0.228 e. The summed E-state index contributed by atoms with van der Waals surface area (Å²) >= 11 is 0. The van der Waals surface area contributed by atoms with Gasteiger partial charge in [-0.25, -0.2) is 5.84 Å². The first-order valence-corrected chi connectivity index (χ1v) is 3.32. The molecule has 12 heavy (non-hydrogen) atoms. The second-order valence-electron chi connectivity index (χ2n) is 2.22. The molecule has 0 heterocycles. The number of hydrazine groups is 1. The molecule has 0 bridgehead atoms. The van der Waals surface area contributed by atoms with E-state index >= 15 is 0 Å². The van der Waals surface area contributed by atoms with Gasteiger partial charge in [0.15, 0.2) is 0 Å². The minimum absolute atomic E-state index is 0.496. The molecule has 0 aliphatic heterocycles. The molecular formula is C8H8N2O2. The lowest BCUT2D eigenvalue weighted by molar-refractivity contribution is -0.107. The Labute approximate surface area is 69.6 Å². The van der Waals surface area contributed by atoms with Gasteiger partial charge < -0.3 is 0 Å². The van der Waals surface area contributed by atoms with Crippen LogP contribution >= 0.6 is 0 Å². The summed E-state index contributed by atoms with van der Waals surface area (Å²) in [6, 6.07) is 6.37. The number of amides is 1. The zero-order chi connectivity index (χ0) is 8.97. The molecule has 0 saturated carbocycles. The van der Waals surface area contributed by atoms with Crippen molar-refractivity contribution < 1.29 is 9.59 Å². The molecule has 1 rings (SSSR count). The van der Waals surface area contributed by atoms with Crippen molar-refractivity contribution in [2.24, 2.45) is 5.84 Å². The third-order valence-electron chi connectivity index (χ3n) is 1.44. The maximum absolute atomic E-state index is 10.2. The largest absolute Gasteiger partial charge is 0.298 e. The number of hydrogen-bond acceptors (Lipinski definition) is 3. The van der Waals surface area contributed by atoms with Crippen molar-refractivity contribution in [2.45, 2.75) is 0 Å². The number of aldehydes is 1. The van der Waals surface area contributed by atoms with E-state index in [-0.39, 0.29) is 0 Å². The summed E-state index contributed by atoms with van der Waals surface area (Å²) in [7, 11) is 0. The molecule has 4 nitrogen and oxygen atoms in total. The standard InChI is InChI=1S/C8H8N2O2/c9-10(6-12)8-3-1-7(5-11)2-4-8/h1-6H,9H2. The number of rotatable bonds is 3. The van der Waals surface area contributed by atoms with Gasteiger partial charge >= 0.3 is 0 Å². The van der Waals surface area contributed by atoms with Crippen LogP contribution < -0.4 is 10.9 Å². The number of benzene rings is 1. The first kappa shape index (κ1) is 8.42. The highest BCUT2D eigenvalue weighted by molar-refractivity contribution is 5.78. The summed E-state index contributed by atoms with van der Waals surface area (Å²) in [5.74, 6) is 5.26. The fourth-order valence-electron chi connectivity index (χ4n) is 0.786. The Morgan fingerprint density at radius 3 is 2.17 bits per heavy atom. The van der Waals surface area contributed by atoms with Crippen molar-refractivity contribution in [3.63, 3.8) is 0 Å². The molecule has 62 valence electrons. The van der Waals surface area contributed by atoms with Crippen LogP contribution in [0.25, 0.3) is 0 Å². The minimum Gasteiger partial charge on any atom is -0.298 e. The average molecular weight is 164 g/mol. The molecule has 4 heteroatoms. The first-order valence-electron chi connectivity index (χ1n) is 3.32. The molecule has 0 aromatic heterocycles. The number of nitrogens with zero attached hydrogens (tertiary/aromatic N) is 1. The van der Waals surface area contributed by atoms with Gasteiger partial charge in [-0.2, -0.15) is 0 Å². The molecule has 0 aliphatic rings. The van der Waals surface area contributed by atoms with Crippen LogP contribution in [0, 0.1) is 0 Å². The highest BCUT2D eigenvalue weighted by Crippen LogP contribution is 2.09. The van der Waals surface area contributed by atoms with Gasteiger partial charge in [-0.1, -0.05) is 0 Å². The molecule has 1 aromatic rings. The number of nitrogens with two attached hydrogens (primary N) is 1. The van der Waals surface area contributed by atoms with Crippen molar-refractivity contribution in [3.8, 4) is 0 Å². The molecule has 0 aliphatic carbocycles. The normalized spacial score (nSPS) is 9.08. The number of anilines is 1. The van der Waals surface area contributed by atoms with E-state index in [1.165, 1.54) is 0 Å². The summed E-state index contributed by atoms with van der Waals surface area (Å²) in [5.41, 5.74) is 1.11. The van der Waals surface area contributed by atoms with Gasteiger partial charge in [0.05, 0.1) is 5.69 Å². The Balaban J connectivity index is 2.91. The van der Waals surface area contributed by atoms with Gasteiger partial charge in [-0.05, 0) is 24.3 Å². The Morgan fingerprint density at radius 1 is 1.17 bits per heavy atom.